The summed E-state index contributed by atoms with van der Waals surface area (Å²) in [5, 5.41) is 12.9. The Labute approximate surface area is 127 Å². The Kier molecular flexibility index (Phi) is 10.7. The van der Waals surface area contributed by atoms with Crippen molar-refractivity contribution in [1.29, 1.82) is 0 Å². The van der Waals surface area contributed by atoms with Crippen LogP contribution in [0.3, 0.4) is 0 Å². The average molecular weight is 297 g/mol. The van der Waals surface area contributed by atoms with E-state index in [9.17, 15) is 5.11 Å². The van der Waals surface area contributed by atoms with Gasteiger partial charge in [0.25, 0.3) is 0 Å². The quantitative estimate of drug-likeness (QED) is 0.540. The zero-order chi connectivity index (χ0) is 15.2. The minimum Gasteiger partial charge on any atom is -0.494 e. The van der Waals surface area contributed by atoms with Crippen molar-refractivity contribution in [3.05, 3.63) is 30.3 Å². The summed E-state index contributed by atoms with van der Waals surface area (Å²) in [4.78, 5) is 0. The monoisotopic (exact) mass is 297 g/mol. The molecule has 0 aliphatic carbocycles. The molecule has 120 valence electrons. The lowest BCUT2D eigenvalue weighted by Crippen LogP contribution is -2.31. The molecule has 21 heavy (non-hydrogen) atoms. The predicted molar refractivity (Wildman–Crippen MR) is 82.7 cm³/mol. The largest absolute Gasteiger partial charge is 0.494 e. The van der Waals surface area contributed by atoms with Crippen LogP contribution < -0.4 is 10.1 Å². The molecule has 0 saturated carbocycles. The molecular formula is C16H27NO4. The Morgan fingerprint density at radius 1 is 1.10 bits per heavy atom. The van der Waals surface area contributed by atoms with Crippen molar-refractivity contribution in [3.63, 3.8) is 0 Å². The molecule has 0 spiro atoms. The van der Waals surface area contributed by atoms with Crippen LogP contribution in [0.2, 0.25) is 0 Å². The van der Waals surface area contributed by atoms with Gasteiger partial charge in [-0.1, -0.05) is 18.2 Å². The normalized spacial score (nSPS) is 12.3. The van der Waals surface area contributed by atoms with Gasteiger partial charge in [-0.25, -0.2) is 0 Å². The molecule has 0 aliphatic heterocycles. The Morgan fingerprint density at radius 2 is 1.86 bits per heavy atom. The van der Waals surface area contributed by atoms with Crippen LogP contribution in [-0.2, 0) is 9.47 Å². The second kappa shape index (κ2) is 12.6. The molecule has 1 rings (SSSR count). The number of aliphatic hydroxyl groups excluding tert-OH is 1. The lowest BCUT2D eigenvalue weighted by Gasteiger charge is -2.12. The van der Waals surface area contributed by atoms with Gasteiger partial charge in [-0.05, 0) is 32.0 Å². The summed E-state index contributed by atoms with van der Waals surface area (Å²) in [5.41, 5.74) is 0. The van der Waals surface area contributed by atoms with E-state index in [1.807, 2.05) is 37.3 Å². The Hall–Kier alpha value is -1.14. The molecule has 0 heterocycles. The van der Waals surface area contributed by atoms with Crippen molar-refractivity contribution >= 4 is 0 Å². The maximum absolute atomic E-state index is 9.68. The zero-order valence-corrected chi connectivity index (χ0v) is 12.8. The second-order valence-corrected chi connectivity index (χ2v) is 4.64. The lowest BCUT2D eigenvalue weighted by atomic mass is 10.3. The molecule has 5 heteroatoms. The molecule has 2 N–H and O–H groups in total. The van der Waals surface area contributed by atoms with Crippen LogP contribution in [0, 0.1) is 0 Å². The summed E-state index contributed by atoms with van der Waals surface area (Å²) in [7, 11) is 0. The molecule has 1 aromatic rings. The summed E-state index contributed by atoms with van der Waals surface area (Å²) in [6.07, 6.45) is 0.411. The SMILES string of the molecule is CCOCCOCC(O)CNCCCOc1ccccc1. The number of para-hydroxylation sites is 1. The number of hydrogen-bond acceptors (Lipinski definition) is 5. The number of rotatable bonds is 13. The van der Waals surface area contributed by atoms with E-state index >= 15 is 0 Å². The molecule has 1 aromatic carbocycles. The zero-order valence-electron chi connectivity index (χ0n) is 12.8. The first-order valence-corrected chi connectivity index (χ1v) is 7.55. The third-order valence-corrected chi connectivity index (χ3v) is 2.78. The third kappa shape index (κ3) is 10.3. The topological polar surface area (TPSA) is 60.0 Å². The molecule has 0 aliphatic rings. The van der Waals surface area contributed by atoms with Gasteiger partial charge in [0.15, 0.2) is 0 Å². The van der Waals surface area contributed by atoms with Crippen LogP contribution in [0.1, 0.15) is 13.3 Å². The maximum atomic E-state index is 9.68. The van der Waals surface area contributed by atoms with Crippen molar-refractivity contribution in [2.24, 2.45) is 0 Å². The van der Waals surface area contributed by atoms with E-state index in [0.717, 1.165) is 18.7 Å². The van der Waals surface area contributed by atoms with Crippen LogP contribution in [-0.4, -0.2) is 57.3 Å². The average Bonchev–Trinajstić information content (AvgIpc) is 2.51. The number of benzene rings is 1. The first-order chi connectivity index (χ1) is 10.3. The minimum atomic E-state index is -0.485. The summed E-state index contributed by atoms with van der Waals surface area (Å²) in [6.45, 7) is 6.07. The molecule has 0 fully saturated rings. The van der Waals surface area contributed by atoms with Gasteiger partial charge < -0.3 is 24.6 Å². The van der Waals surface area contributed by atoms with E-state index < -0.39 is 6.10 Å². The van der Waals surface area contributed by atoms with Crippen LogP contribution in [0.4, 0.5) is 0 Å². The number of nitrogens with one attached hydrogen (secondary N) is 1. The van der Waals surface area contributed by atoms with Crippen molar-refractivity contribution < 1.29 is 19.3 Å². The molecule has 5 nitrogen and oxygen atoms in total. The maximum Gasteiger partial charge on any atom is 0.119 e. The highest BCUT2D eigenvalue weighted by Crippen LogP contribution is 2.07. The summed E-state index contributed by atoms with van der Waals surface area (Å²) >= 11 is 0. The number of hydrogen-bond donors (Lipinski definition) is 2. The van der Waals surface area contributed by atoms with Crippen LogP contribution in [0.5, 0.6) is 5.75 Å². The fourth-order valence-electron chi connectivity index (χ4n) is 1.71. The molecular weight excluding hydrogens is 270 g/mol. The number of ether oxygens (including phenoxy) is 3. The number of aliphatic hydroxyl groups is 1. The molecule has 0 amide bonds. The van der Waals surface area contributed by atoms with Gasteiger partial charge in [-0.2, -0.15) is 0 Å². The van der Waals surface area contributed by atoms with E-state index in [0.29, 0.717) is 39.6 Å². The van der Waals surface area contributed by atoms with Gasteiger partial charge in [0.2, 0.25) is 0 Å². The van der Waals surface area contributed by atoms with Gasteiger partial charge in [0, 0.05) is 13.2 Å². The van der Waals surface area contributed by atoms with E-state index in [1.165, 1.54) is 0 Å². The van der Waals surface area contributed by atoms with Gasteiger partial charge in [-0.15, -0.1) is 0 Å². The first kappa shape index (κ1) is 17.9. The molecule has 1 unspecified atom stereocenters. The fraction of sp³-hybridized carbons (Fsp3) is 0.625. The molecule has 1 atom stereocenters. The first-order valence-electron chi connectivity index (χ1n) is 7.55. The van der Waals surface area contributed by atoms with E-state index in [1.54, 1.807) is 0 Å². The Balaban J connectivity index is 1.87. The van der Waals surface area contributed by atoms with Crippen LogP contribution in [0.15, 0.2) is 30.3 Å². The lowest BCUT2D eigenvalue weighted by molar-refractivity contribution is 0.00650. The van der Waals surface area contributed by atoms with Gasteiger partial charge in [0.05, 0.1) is 32.5 Å². The fourth-order valence-corrected chi connectivity index (χ4v) is 1.71. The smallest absolute Gasteiger partial charge is 0.119 e. The van der Waals surface area contributed by atoms with E-state index in [2.05, 4.69) is 5.32 Å². The second-order valence-electron chi connectivity index (χ2n) is 4.64. The van der Waals surface area contributed by atoms with Gasteiger partial charge in [0.1, 0.15) is 5.75 Å². The summed E-state index contributed by atoms with van der Waals surface area (Å²) in [6, 6.07) is 9.75. The van der Waals surface area contributed by atoms with Gasteiger partial charge in [-0.3, -0.25) is 0 Å². The van der Waals surface area contributed by atoms with E-state index in [4.69, 9.17) is 14.2 Å². The van der Waals surface area contributed by atoms with Crippen molar-refractivity contribution in [2.45, 2.75) is 19.4 Å². The summed E-state index contributed by atoms with van der Waals surface area (Å²) in [5.74, 6) is 0.889. The highest BCUT2D eigenvalue weighted by molar-refractivity contribution is 5.20. The Bertz CT molecular complexity index is 334. The van der Waals surface area contributed by atoms with Crippen molar-refractivity contribution in [2.75, 3.05) is 46.1 Å². The third-order valence-electron chi connectivity index (χ3n) is 2.78. The minimum absolute atomic E-state index is 0.334. The van der Waals surface area contributed by atoms with Crippen LogP contribution in [0.25, 0.3) is 0 Å². The molecule has 0 bridgehead atoms. The Morgan fingerprint density at radius 3 is 2.62 bits per heavy atom. The van der Waals surface area contributed by atoms with Crippen molar-refractivity contribution in [1.82, 2.24) is 5.32 Å². The summed E-state index contributed by atoms with van der Waals surface area (Å²) < 4.78 is 16.0. The standard InChI is InChI=1S/C16H27NO4/c1-2-19-11-12-20-14-15(18)13-17-9-6-10-21-16-7-4-3-5-8-16/h3-5,7-8,15,17-18H,2,6,9-14H2,1H3. The van der Waals surface area contributed by atoms with Crippen molar-refractivity contribution in [3.8, 4) is 5.75 Å². The molecule has 0 saturated heterocycles. The van der Waals surface area contributed by atoms with E-state index in [-0.39, 0.29) is 0 Å². The highest BCUT2D eigenvalue weighted by atomic mass is 16.5. The molecule has 0 radical (unpaired) electrons. The molecule has 0 aromatic heterocycles. The highest BCUT2D eigenvalue weighted by Gasteiger charge is 2.03. The predicted octanol–water partition coefficient (Wildman–Crippen LogP) is 1.46. The van der Waals surface area contributed by atoms with Gasteiger partial charge >= 0.3 is 0 Å². The van der Waals surface area contributed by atoms with Crippen LogP contribution >= 0.6 is 0 Å².